The Kier molecular flexibility index (Phi) is 5.11. The minimum Gasteiger partial charge on any atom is -0.221 e. The second-order valence-corrected chi connectivity index (χ2v) is 13.1. The molecule has 0 bridgehead atoms. The van der Waals surface area contributed by atoms with Crippen molar-refractivity contribution in [2.45, 2.75) is 39.0 Å². The van der Waals surface area contributed by atoms with Crippen LogP contribution in [0.4, 0.5) is 0 Å². The van der Waals surface area contributed by atoms with Crippen LogP contribution in [-0.4, -0.2) is 14.8 Å². The monoisotopic (exact) mass is 293 g/mol. The molecule has 1 aliphatic carbocycles. The lowest BCUT2D eigenvalue weighted by Gasteiger charge is -2.22. The molecule has 1 aliphatic rings. The zero-order valence-electron chi connectivity index (χ0n) is 9.56. The first kappa shape index (κ1) is 13.3. The molecule has 0 aromatic carbocycles. The maximum Gasteiger partial charge on any atom is 0.0863 e. The molecule has 0 saturated carbocycles. The van der Waals surface area contributed by atoms with Crippen LogP contribution in [0, 0.1) is 5.92 Å². The van der Waals surface area contributed by atoms with E-state index in [4.69, 9.17) is 0 Å². The summed E-state index contributed by atoms with van der Waals surface area (Å²) < 4.78 is 2.18. The van der Waals surface area contributed by atoms with Gasteiger partial charge < -0.3 is 0 Å². The summed E-state index contributed by atoms with van der Waals surface area (Å²) in [5.74, 6) is 0.857. The summed E-state index contributed by atoms with van der Waals surface area (Å²) in [7, 11) is 6.37. The molecule has 1 heterocycles. The largest absolute Gasteiger partial charge is 0.221 e. The second-order valence-electron chi connectivity index (χ2n) is 4.24. The summed E-state index contributed by atoms with van der Waals surface area (Å²) in [6.45, 7) is 2.28. The summed E-state index contributed by atoms with van der Waals surface area (Å²) in [5.41, 5.74) is 2.67. The van der Waals surface area contributed by atoms with Gasteiger partial charge in [0.05, 0.1) is 18.8 Å². The van der Waals surface area contributed by atoms with Gasteiger partial charge in [-0.05, 0) is 33.1 Å². The van der Waals surface area contributed by atoms with E-state index in [0.29, 0.717) is 0 Å². The molecule has 0 fully saturated rings. The molecule has 16 heavy (non-hydrogen) atoms. The van der Waals surface area contributed by atoms with E-state index in [2.05, 4.69) is 39.5 Å². The number of rotatable bonds is 4. The van der Waals surface area contributed by atoms with Gasteiger partial charge in [-0.3, -0.25) is 0 Å². The highest BCUT2D eigenvalue weighted by Crippen LogP contribution is 2.66. The Morgan fingerprint density at radius 2 is 2.44 bits per heavy atom. The van der Waals surface area contributed by atoms with Crippen molar-refractivity contribution in [3.05, 3.63) is 11.4 Å². The normalized spacial score (nSPS) is 22.6. The lowest BCUT2D eigenvalue weighted by atomic mass is 9.87. The molecule has 0 spiro atoms. The summed E-state index contributed by atoms with van der Waals surface area (Å²) in [5, 5.41) is 8.66. The second kappa shape index (κ2) is 6.15. The molecule has 0 N–H and O–H groups in total. The molecule has 5 unspecified atom stereocenters. The third-order valence-corrected chi connectivity index (χ3v) is 12.5. The fraction of sp³-hybridized carbons (Fsp3) is 0.778. The highest BCUT2D eigenvalue weighted by molar-refractivity contribution is 8.60. The van der Waals surface area contributed by atoms with Gasteiger partial charge in [-0.2, -0.15) is 0 Å². The highest BCUT2D eigenvalue weighted by Gasteiger charge is 2.24. The van der Waals surface area contributed by atoms with Gasteiger partial charge in [0.25, 0.3) is 0 Å². The van der Waals surface area contributed by atoms with Crippen molar-refractivity contribution in [1.29, 1.82) is 0 Å². The van der Waals surface area contributed by atoms with Crippen molar-refractivity contribution in [1.82, 2.24) is 14.8 Å². The Hall–Kier alpha value is 0.860. The quantitative estimate of drug-likeness (QED) is 0.794. The van der Waals surface area contributed by atoms with E-state index in [1.807, 2.05) is 0 Å². The summed E-state index contributed by atoms with van der Waals surface area (Å²) in [6.07, 6.45) is 6.27. The first-order valence-electron chi connectivity index (χ1n) is 5.71. The van der Waals surface area contributed by atoms with Crippen LogP contribution in [0.25, 0.3) is 0 Å². The average molecular weight is 293 g/mol. The summed E-state index contributed by atoms with van der Waals surface area (Å²) >= 11 is 0. The van der Waals surface area contributed by atoms with E-state index in [1.165, 1.54) is 37.1 Å². The first-order valence-corrected chi connectivity index (χ1v) is 12.3. The molecule has 1 aromatic rings. The molecule has 0 amide bonds. The van der Waals surface area contributed by atoms with E-state index < -0.39 is 0 Å². The van der Waals surface area contributed by atoms with Gasteiger partial charge in [-0.1, -0.05) is 33.9 Å². The molecule has 7 heteroatoms. The predicted octanol–water partition coefficient (Wildman–Crippen LogP) is 3.60. The van der Waals surface area contributed by atoms with Crippen LogP contribution in [0.5, 0.6) is 0 Å². The van der Waals surface area contributed by atoms with Crippen molar-refractivity contribution in [3.63, 3.8) is 0 Å². The number of aromatic nitrogens is 3. The maximum atomic E-state index is 4.33. The van der Waals surface area contributed by atoms with Crippen molar-refractivity contribution >= 4 is 33.3 Å². The zero-order chi connectivity index (χ0) is 11.5. The van der Waals surface area contributed by atoms with Gasteiger partial charge in [0, 0.05) is 0 Å². The van der Waals surface area contributed by atoms with E-state index in [-0.39, 0.29) is 7.45 Å². The fourth-order valence-electron chi connectivity index (χ4n) is 2.32. The third kappa shape index (κ3) is 2.81. The molecule has 5 atom stereocenters. The fourth-order valence-corrected chi connectivity index (χ4v) is 5.36. The number of hydrogen-bond donors (Lipinski definition) is 0. The van der Waals surface area contributed by atoms with Gasteiger partial charge in [-0.25, -0.2) is 4.45 Å². The lowest BCUT2D eigenvalue weighted by Crippen LogP contribution is -2.15. The topological polar surface area (TPSA) is 30.7 Å². The van der Waals surface area contributed by atoms with Crippen LogP contribution in [0.1, 0.15) is 37.6 Å². The molecule has 0 radical (unpaired) electrons. The van der Waals surface area contributed by atoms with E-state index >= 15 is 0 Å². The Bertz CT molecular complexity index is 355. The smallest absolute Gasteiger partial charge is 0.0863 e. The van der Waals surface area contributed by atoms with Crippen molar-refractivity contribution < 1.29 is 0 Å². The summed E-state index contributed by atoms with van der Waals surface area (Å²) in [6, 6.07) is 0. The maximum absolute atomic E-state index is 4.33. The molecular formula is C9H19N3P4. The number of fused-ring (bicyclic) bond motifs is 1. The van der Waals surface area contributed by atoms with E-state index in [1.54, 1.807) is 0 Å². The molecule has 90 valence electrons. The molecule has 2 rings (SSSR count). The number of hydrogen-bond acceptors (Lipinski definition) is 2. The third-order valence-electron chi connectivity index (χ3n) is 3.13. The predicted molar refractivity (Wildman–Crippen MR) is 80.5 cm³/mol. The standard InChI is InChI=1S/C9H19N3P4/c1-2-3-7-4-5-8-9(6-7)12(11-10-8)16(14)15-13/h7,15H,2-6,13-14H2,1H3. The highest BCUT2D eigenvalue weighted by atomic mass is 32.6. The van der Waals surface area contributed by atoms with Gasteiger partial charge in [0.1, 0.15) is 0 Å². The summed E-state index contributed by atoms with van der Waals surface area (Å²) in [4.78, 5) is 0. The molecule has 1 aromatic heterocycles. The van der Waals surface area contributed by atoms with Gasteiger partial charge in [0.2, 0.25) is 0 Å². The minimum absolute atomic E-state index is 0.229. The molecule has 0 aliphatic heterocycles. The molecular weight excluding hydrogens is 274 g/mol. The van der Waals surface area contributed by atoms with Crippen LogP contribution in [0.15, 0.2) is 0 Å². The van der Waals surface area contributed by atoms with Crippen LogP contribution in [-0.2, 0) is 12.8 Å². The Labute approximate surface area is 105 Å². The molecule has 0 saturated heterocycles. The minimum atomic E-state index is -0.229. The Balaban J connectivity index is 2.17. The van der Waals surface area contributed by atoms with Crippen LogP contribution >= 0.6 is 33.3 Å². The van der Waals surface area contributed by atoms with Gasteiger partial charge in [-0.15, -0.1) is 14.0 Å². The van der Waals surface area contributed by atoms with E-state index in [9.17, 15) is 0 Å². The van der Waals surface area contributed by atoms with Gasteiger partial charge >= 0.3 is 0 Å². The van der Waals surface area contributed by atoms with Crippen molar-refractivity contribution in [2.24, 2.45) is 5.92 Å². The Morgan fingerprint density at radius 1 is 1.62 bits per heavy atom. The van der Waals surface area contributed by atoms with Gasteiger partial charge in [0.15, 0.2) is 0 Å². The average Bonchev–Trinajstić information content (AvgIpc) is 2.71. The first-order chi connectivity index (χ1) is 7.76. The van der Waals surface area contributed by atoms with E-state index in [0.717, 1.165) is 20.3 Å². The SMILES string of the molecule is CCCC1CCc2nnn(P(P)PP)c2C1. The van der Waals surface area contributed by atoms with Crippen molar-refractivity contribution in [2.75, 3.05) is 0 Å². The lowest BCUT2D eigenvalue weighted by molar-refractivity contribution is 0.415. The zero-order valence-corrected chi connectivity index (χ0v) is 13.8. The number of nitrogens with zero attached hydrogens (tertiary/aromatic N) is 3. The Morgan fingerprint density at radius 3 is 3.12 bits per heavy atom. The van der Waals surface area contributed by atoms with Crippen LogP contribution in [0.2, 0.25) is 0 Å². The van der Waals surface area contributed by atoms with Crippen molar-refractivity contribution in [3.8, 4) is 0 Å². The molecule has 3 nitrogen and oxygen atoms in total. The van der Waals surface area contributed by atoms with Crippen LogP contribution in [0.3, 0.4) is 0 Å². The number of aryl methyl sites for hydroxylation is 1. The van der Waals surface area contributed by atoms with Crippen LogP contribution < -0.4 is 0 Å².